The smallest absolute Gasteiger partial charge is 0.267 e. The van der Waals surface area contributed by atoms with Gasteiger partial charge in [0, 0.05) is 38.2 Å². The minimum atomic E-state index is -0.350. The summed E-state index contributed by atoms with van der Waals surface area (Å²) in [5.41, 5.74) is 2.47. The Morgan fingerprint density at radius 2 is 2.24 bits per heavy atom. The second kappa shape index (κ2) is 7.18. The van der Waals surface area contributed by atoms with E-state index in [1.807, 2.05) is 18.7 Å². The fourth-order valence-corrected chi connectivity index (χ4v) is 2.98. The van der Waals surface area contributed by atoms with E-state index >= 15 is 0 Å². The van der Waals surface area contributed by atoms with E-state index in [4.69, 9.17) is 4.52 Å². The predicted molar refractivity (Wildman–Crippen MR) is 92.2 cm³/mol. The van der Waals surface area contributed by atoms with Gasteiger partial charge in [0.2, 0.25) is 11.8 Å². The third-order valence-corrected chi connectivity index (χ3v) is 4.41. The summed E-state index contributed by atoms with van der Waals surface area (Å²) in [4.78, 5) is 26.6. The first-order valence-electron chi connectivity index (χ1n) is 8.56. The maximum absolute atomic E-state index is 12.4. The fourth-order valence-electron chi connectivity index (χ4n) is 2.98. The first kappa shape index (κ1) is 17.3. The largest absolute Gasteiger partial charge is 0.338 e. The Balaban J connectivity index is 1.70. The van der Waals surface area contributed by atoms with Crippen molar-refractivity contribution in [2.45, 2.75) is 52.7 Å². The molecule has 0 saturated heterocycles. The maximum atomic E-state index is 12.4. The molecule has 0 aliphatic carbocycles. The van der Waals surface area contributed by atoms with E-state index in [-0.39, 0.29) is 17.5 Å². The number of hydrogen-bond donors (Lipinski definition) is 1. The Bertz CT molecular complexity index is 826. The van der Waals surface area contributed by atoms with E-state index in [0.29, 0.717) is 31.2 Å². The Hall–Kier alpha value is -2.48. The van der Waals surface area contributed by atoms with Crippen LogP contribution >= 0.6 is 0 Å². The minimum Gasteiger partial charge on any atom is -0.338 e. The summed E-state index contributed by atoms with van der Waals surface area (Å²) in [7, 11) is 0. The Kier molecular flexibility index (Phi) is 4.98. The molecular formula is C17H23N5O3. The summed E-state index contributed by atoms with van der Waals surface area (Å²) in [6, 6.07) is 2.97. The highest BCUT2D eigenvalue weighted by Gasteiger charge is 2.27. The van der Waals surface area contributed by atoms with Gasteiger partial charge in [-0.15, -0.1) is 0 Å². The van der Waals surface area contributed by atoms with Gasteiger partial charge in [0.15, 0.2) is 0 Å². The van der Waals surface area contributed by atoms with Gasteiger partial charge < -0.3 is 4.52 Å². The summed E-state index contributed by atoms with van der Waals surface area (Å²) < 4.78 is 6.55. The molecule has 3 rings (SSSR count). The van der Waals surface area contributed by atoms with Crippen molar-refractivity contribution in [2.24, 2.45) is 0 Å². The number of fused-ring (bicyclic) bond motifs is 1. The topological polar surface area (TPSA) is 93.3 Å². The van der Waals surface area contributed by atoms with Gasteiger partial charge in [-0.05, 0) is 25.8 Å². The number of rotatable bonds is 5. The summed E-state index contributed by atoms with van der Waals surface area (Å²) in [5.74, 6) is 0.183. The van der Waals surface area contributed by atoms with Gasteiger partial charge in [0.1, 0.15) is 0 Å². The van der Waals surface area contributed by atoms with Crippen LogP contribution in [-0.4, -0.2) is 38.3 Å². The van der Waals surface area contributed by atoms with Crippen molar-refractivity contribution in [1.29, 1.82) is 0 Å². The Morgan fingerprint density at radius 1 is 1.44 bits per heavy atom. The third-order valence-electron chi connectivity index (χ3n) is 4.41. The van der Waals surface area contributed by atoms with Crippen molar-refractivity contribution in [3.63, 3.8) is 0 Å². The number of carbonyl (C=O) groups is 1. The van der Waals surface area contributed by atoms with Crippen molar-refractivity contribution in [2.75, 3.05) is 11.9 Å². The highest BCUT2D eigenvalue weighted by molar-refractivity contribution is 5.93. The molecule has 3 heterocycles. The first-order valence-corrected chi connectivity index (χ1v) is 8.56. The van der Waals surface area contributed by atoms with E-state index in [1.54, 1.807) is 19.1 Å². The predicted octanol–water partition coefficient (Wildman–Crippen LogP) is 1.34. The summed E-state index contributed by atoms with van der Waals surface area (Å²) in [6.45, 7) is 7.54. The molecule has 1 aliphatic heterocycles. The van der Waals surface area contributed by atoms with Crippen molar-refractivity contribution in [3.8, 4) is 0 Å². The van der Waals surface area contributed by atoms with Gasteiger partial charge in [-0.1, -0.05) is 12.1 Å². The monoisotopic (exact) mass is 345 g/mol. The molecule has 25 heavy (non-hydrogen) atoms. The minimum absolute atomic E-state index is 0.0864. The molecule has 0 fully saturated rings. The highest BCUT2D eigenvalue weighted by atomic mass is 16.5. The molecule has 2 aromatic rings. The maximum Gasteiger partial charge on any atom is 0.267 e. The number of nitrogens with zero attached hydrogens (tertiary/aromatic N) is 4. The van der Waals surface area contributed by atoms with Gasteiger partial charge in [-0.2, -0.15) is 5.10 Å². The molecular weight excluding hydrogens is 322 g/mol. The van der Waals surface area contributed by atoms with Gasteiger partial charge in [-0.25, -0.2) is 4.68 Å². The molecule has 1 N–H and O–H groups in total. The lowest BCUT2D eigenvalue weighted by Crippen LogP contribution is -2.45. The quantitative estimate of drug-likeness (QED) is 0.879. The van der Waals surface area contributed by atoms with Gasteiger partial charge >= 0.3 is 0 Å². The van der Waals surface area contributed by atoms with Crippen LogP contribution < -0.4 is 10.9 Å². The van der Waals surface area contributed by atoms with Crippen molar-refractivity contribution in [1.82, 2.24) is 19.8 Å². The van der Waals surface area contributed by atoms with Crippen molar-refractivity contribution >= 4 is 11.8 Å². The number of aryl methyl sites for hydroxylation is 2. The lowest BCUT2D eigenvalue weighted by molar-refractivity contribution is -0.121. The average molecular weight is 345 g/mol. The Morgan fingerprint density at radius 3 is 2.92 bits per heavy atom. The van der Waals surface area contributed by atoms with E-state index in [2.05, 4.69) is 15.6 Å². The van der Waals surface area contributed by atoms with E-state index < -0.39 is 0 Å². The Labute approximate surface area is 145 Å². The van der Waals surface area contributed by atoms with Gasteiger partial charge in [0.25, 0.3) is 5.56 Å². The van der Waals surface area contributed by atoms with Crippen molar-refractivity contribution in [3.05, 3.63) is 39.4 Å². The lowest BCUT2D eigenvalue weighted by atomic mass is 10.0. The fraction of sp³-hybridized carbons (Fsp3) is 0.529. The third kappa shape index (κ3) is 3.79. The second-order valence-corrected chi connectivity index (χ2v) is 6.40. The molecule has 0 radical (unpaired) electrons. The molecule has 8 heteroatoms. The molecule has 0 saturated carbocycles. The van der Waals surface area contributed by atoms with Crippen LogP contribution in [0.1, 0.15) is 37.2 Å². The van der Waals surface area contributed by atoms with Crippen LogP contribution in [0.2, 0.25) is 0 Å². The molecule has 0 spiro atoms. The number of aromatic nitrogens is 3. The molecule has 1 aliphatic rings. The van der Waals surface area contributed by atoms with Crippen LogP contribution in [-0.2, 0) is 24.3 Å². The van der Waals surface area contributed by atoms with Crippen LogP contribution in [0.15, 0.2) is 21.5 Å². The highest BCUT2D eigenvalue weighted by Crippen LogP contribution is 2.18. The number of nitrogens with one attached hydrogen (secondary N) is 1. The number of anilines is 1. The molecule has 1 amide bonds. The van der Waals surface area contributed by atoms with Crippen LogP contribution in [0.25, 0.3) is 0 Å². The summed E-state index contributed by atoms with van der Waals surface area (Å²) >= 11 is 0. The number of carbonyl (C=O) groups excluding carboxylic acids is 1. The number of hydrogen-bond acceptors (Lipinski definition) is 6. The van der Waals surface area contributed by atoms with E-state index in [1.165, 1.54) is 4.68 Å². The van der Waals surface area contributed by atoms with E-state index in [0.717, 1.165) is 24.1 Å². The zero-order valence-electron chi connectivity index (χ0n) is 14.8. The van der Waals surface area contributed by atoms with Crippen LogP contribution in [0.3, 0.4) is 0 Å². The molecule has 0 bridgehead atoms. The molecule has 0 unspecified atom stereocenters. The van der Waals surface area contributed by atoms with Crippen LogP contribution in [0.5, 0.6) is 0 Å². The molecule has 2 aromatic heterocycles. The van der Waals surface area contributed by atoms with E-state index in [9.17, 15) is 9.59 Å². The average Bonchev–Trinajstić information content (AvgIpc) is 2.99. The van der Waals surface area contributed by atoms with Gasteiger partial charge in [-0.3, -0.25) is 19.8 Å². The molecule has 8 nitrogen and oxygen atoms in total. The zero-order chi connectivity index (χ0) is 18.0. The standard InChI is InChI=1S/C17H23N5O3/c1-4-6-22-16(23)9-13-10-21(7-5-14(13)19-22)12(3)17(24)18-15-8-11(2)20-25-15/h8-9,12H,4-7,10H2,1-3H3,(H,18,24)/t12-/m1/s1. The van der Waals surface area contributed by atoms with Gasteiger partial charge in [0.05, 0.1) is 17.4 Å². The second-order valence-electron chi connectivity index (χ2n) is 6.40. The first-order chi connectivity index (χ1) is 12.0. The molecule has 134 valence electrons. The van der Waals surface area contributed by atoms with Crippen molar-refractivity contribution < 1.29 is 9.32 Å². The normalized spacial score (nSPS) is 15.6. The van der Waals surface area contributed by atoms with Crippen LogP contribution in [0.4, 0.5) is 5.88 Å². The zero-order valence-corrected chi connectivity index (χ0v) is 14.8. The molecule has 1 atom stereocenters. The van der Waals surface area contributed by atoms with Crippen LogP contribution in [0, 0.1) is 6.92 Å². The summed E-state index contributed by atoms with van der Waals surface area (Å²) in [6.07, 6.45) is 1.59. The number of amides is 1. The SMILES string of the molecule is CCCn1nc2c(cc1=O)CN([C@H](C)C(=O)Nc1cc(C)no1)CC2. The molecule has 0 aromatic carbocycles. The lowest BCUT2D eigenvalue weighted by Gasteiger charge is -2.32. The summed E-state index contributed by atoms with van der Waals surface area (Å²) in [5, 5.41) is 11.0.